The zero-order valence-electron chi connectivity index (χ0n) is 19.1. The molecular formula is C25H30N4O5. The van der Waals surface area contributed by atoms with Gasteiger partial charge in [-0.05, 0) is 62.5 Å². The summed E-state index contributed by atoms with van der Waals surface area (Å²) in [6, 6.07) is 4.83. The number of rotatable bonds is 10. The van der Waals surface area contributed by atoms with Gasteiger partial charge in [0.1, 0.15) is 5.75 Å². The molecule has 0 bridgehead atoms. The second-order valence-electron chi connectivity index (χ2n) is 9.47. The molecule has 9 heteroatoms. The number of aromatic carboxylic acids is 1. The summed E-state index contributed by atoms with van der Waals surface area (Å²) >= 11 is 0. The Kier molecular flexibility index (Phi) is 6.62. The maximum atomic E-state index is 13.2. The fourth-order valence-electron chi connectivity index (χ4n) is 4.11. The van der Waals surface area contributed by atoms with Gasteiger partial charge < -0.3 is 19.9 Å². The van der Waals surface area contributed by atoms with Crippen LogP contribution in [0.15, 0.2) is 30.6 Å². The van der Waals surface area contributed by atoms with Crippen LogP contribution in [0.1, 0.15) is 48.9 Å². The SMILES string of the molecule is O=C(O)c1cc(NCC2CC2)cc(Oc2cnc(N(CC3CC3)C(=O)C3CCOCC3)cn2)c1. The smallest absolute Gasteiger partial charge is 0.335 e. The number of hydrogen-bond acceptors (Lipinski definition) is 7. The first kappa shape index (κ1) is 22.6. The zero-order chi connectivity index (χ0) is 23.5. The average Bonchev–Trinajstić information content (AvgIpc) is 3.78. The minimum Gasteiger partial charge on any atom is -0.478 e. The summed E-state index contributed by atoms with van der Waals surface area (Å²) in [6.45, 7) is 2.69. The third kappa shape index (κ3) is 5.83. The molecule has 9 nitrogen and oxygen atoms in total. The Balaban J connectivity index is 1.30. The van der Waals surface area contributed by atoms with Crippen LogP contribution in [0.3, 0.4) is 0 Å². The van der Waals surface area contributed by atoms with E-state index in [4.69, 9.17) is 9.47 Å². The van der Waals surface area contributed by atoms with Gasteiger partial charge in [0.05, 0.1) is 18.0 Å². The van der Waals surface area contributed by atoms with E-state index < -0.39 is 5.97 Å². The summed E-state index contributed by atoms with van der Waals surface area (Å²) < 4.78 is 11.2. The molecule has 180 valence electrons. The van der Waals surface area contributed by atoms with E-state index in [9.17, 15) is 14.7 Å². The molecule has 3 aliphatic rings. The van der Waals surface area contributed by atoms with E-state index in [0.717, 1.165) is 32.2 Å². The van der Waals surface area contributed by atoms with Crippen molar-refractivity contribution in [2.45, 2.75) is 38.5 Å². The lowest BCUT2D eigenvalue weighted by Crippen LogP contribution is -2.40. The predicted molar refractivity (Wildman–Crippen MR) is 125 cm³/mol. The number of nitrogens with zero attached hydrogens (tertiary/aromatic N) is 3. The van der Waals surface area contributed by atoms with Gasteiger partial charge >= 0.3 is 5.97 Å². The largest absolute Gasteiger partial charge is 0.478 e. The highest BCUT2D eigenvalue weighted by atomic mass is 16.5. The lowest BCUT2D eigenvalue weighted by Gasteiger charge is -2.28. The average molecular weight is 467 g/mol. The van der Waals surface area contributed by atoms with Crippen molar-refractivity contribution in [2.24, 2.45) is 17.8 Å². The minimum atomic E-state index is -1.02. The van der Waals surface area contributed by atoms with Gasteiger partial charge in [0, 0.05) is 44.0 Å². The van der Waals surface area contributed by atoms with Crippen molar-refractivity contribution in [2.75, 3.05) is 36.5 Å². The fourth-order valence-corrected chi connectivity index (χ4v) is 4.11. The van der Waals surface area contributed by atoms with E-state index in [1.54, 1.807) is 23.2 Å². The Hall–Kier alpha value is -3.20. The van der Waals surface area contributed by atoms with E-state index in [2.05, 4.69) is 15.3 Å². The number of carboxylic acid groups (broad SMARTS) is 1. The van der Waals surface area contributed by atoms with Gasteiger partial charge in [0.15, 0.2) is 5.82 Å². The molecular weight excluding hydrogens is 436 g/mol. The van der Waals surface area contributed by atoms with Crippen molar-refractivity contribution in [3.63, 3.8) is 0 Å². The third-order valence-electron chi connectivity index (χ3n) is 6.53. The maximum Gasteiger partial charge on any atom is 0.335 e. The van der Waals surface area contributed by atoms with Crippen LogP contribution in [0.2, 0.25) is 0 Å². The van der Waals surface area contributed by atoms with Gasteiger partial charge in [-0.1, -0.05) is 0 Å². The van der Waals surface area contributed by atoms with E-state index in [1.807, 2.05) is 0 Å². The van der Waals surface area contributed by atoms with Crippen LogP contribution < -0.4 is 15.0 Å². The Labute approximate surface area is 198 Å². The van der Waals surface area contributed by atoms with Gasteiger partial charge in [-0.3, -0.25) is 9.69 Å². The zero-order valence-corrected chi connectivity index (χ0v) is 19.1. The van der Waals surface area contributed by atoms with Crippen LogP contribution in [0.5, 0.6) is 11.6 Å². The highest BCUT2D eigenvalue weighted by Crippen LogP contribution is 2.33. The first-order chi connectivity index (χ1) is 16.5. The molecule has 3 fully saturated rings. The molecule has 0 unspecified atom stereocenters. The van der Waals surface area contributed by atoms with Crippen molar-refractivity contribution >= 4 is 23.4 Å². The van der Waals surface area contributed by atoms with Crippen molar-refractivity contribution < 1.29 is 24.2 Å². The molecule has 2 aromatic rings. The predicted octanol–water partition coefficient (Wildman–Crippen LogP) is 3.96. The minimum absolute atomic E-state index is 0.0504. The second-order valence-corrected chi connectivity index (χ2v) is 9.47. The summed E-state index contributed by atoms with van der Waals surface area (Å²) in [6.07, 6.45) is 9.15. The lowest BCUT2D eigenvalue weighted by molar-refractivity contribution is -0.125. The quantitative estimate of drug-likeness (QED) is 0.541. The van der Waals surface area contributed by atoms with E-state index in [-0.39, 0.29) is 23.3 Å². The van der Waals surface area contributed by atoms with Crippen LogP contribution in [-0.2, 0) is 9.53 Å². The number of nitrogens with one attached hydrogen (secondary N) is 1. The number of carbonyl (C=O) groups is 2. The summed E-state index contributed by atoms with van der Waals surface area (Å²) in [5.74, 6) is 1.30. The number of benzene rings is 1. The maximum absolute atomic E-state index is 13.2. The van der Waals surface area contributed by atoms with Crippen LogP contribution in [-0.4, -0.2) is 53.3 Å². The summed E-state index contributed by atoms with van der Waals surface area (Å²) in [5, 5.41) is 12.8. The molecule has 1 aromatic heterocycles. The number of hydrogen-bond donors (Lipinski definition) is 2. The van der Waals surface area contributed by atoms with Gasteiger partial charge in [0.25, 0.3) is 0 Å². The van der Waals surface area contributed by atoms with Crippen molar-refractivity contribution in [1.82, 2.24) is 9.97 Å². The Morgan fingerprint density at radius 3 is 2.44 bits per heavy atom. The molecule has 2 N–H and O–H groups in total. The van der Waals surface area contributed by atoms with E-state index in [0.29, 0.717) is 48.8 Å². The molecule has 0 radical (unpaired) electrons. The van der Waals surface area contributed by atoms with Crippen LogP contribution in [0.25, 0.3) is 0 Å². The van der Waals surface area contributed by atoms with Crippen molar-refractivity contribution in [3.8, 4) is 11.6 Å². The number of carbonyl (C=O) groups excluding carboxylic acids is 1. The first-order valence-corrected chi connectivity index (χ1v) is 12.1. The lowest BCUT2D eigenvalue weighted by atomic mass is 9.98. The Morgan fingerprint density at radius 1 is 1.03 bits per heavy atom. The molecule has 1 aliphatic heterocycles. The summed E-state index contributed by atoms with van der Waals surface area (Å²) in [5.41, 5.74) is 0.835. The first-order valence-electron chi connectivity index (χ1n) is 12.1. The summed E-state index contributed by atoms with van der Waals surface area (Å²) in [7, 11) is 0. The summed E-state index contributed by atoms with van der Waals surface area (Å²) in [4.78, 5) is 35.4. The molecule has 0 atom stereocenters. The molecule has 2 aliphatic carbocycles. The number of anilines is 2. The van der Waals surface area contributed by atoms with Gasteiger partial charge in [-0.15, -0.1) is 0 Å². The molecule has 2 heterocycles. The normalized spacial score (nSPS) is 18.4. The molecule has 1 aromatic carbocycles. The Bertz CT molecular complexity index is 1030. The number of carboxylic acids is 1. The van der Waals surface area contributed by atoms with Gasteiger partial charge in [-0.25, -0.2) is 14.8 Å². The topological polar surface area (TPSA) is 114 Å². The molecule has 0 spiro atoms. The highest BCUT2D eigenvalue weighted by molar-refractivity contribution is 5.94. The van der Waals surface area contributed by atoms with Crippen molar-refractivity contribution in [1.29, 1.82) is 0 Å². The van der Waals surface area contributed by atoms with Crippen LogP contribution in [0.4, 0.5) is 11.5 Å². The second kappa shape index (κ2) is 9.97. The third-order valence-corrected chi connectivity index (χ3v) is 6.53. The molecule has 5 rings (SSSR count). The van der Waals surface area contributed by atoms with Gasteiger partial charge in [0.2, 0.25) is 11.8 Å². The van der Waals surface area contributed by atoms with Crippen LogP contribution >= 0.6 is 0 Å². The molecule has 2 saturated carbocycles. The van der Waals surface area contributed by atoms with E-state index in [1.165, 1.54) is 25.1 Å². The fraction of sp³-hybridized carbons (Fsp3) is 0.520. The molecule has 1 amide bonds. The Morgan fingerprint density at radius 2 is 1.79 bits per heavy atom. The standard InChI is InChI=1S/C25H30N4O5/c30-24(18-5-7-33-8-6-18)29(15-17-3-4-17)22-13-28-23(14-27-22)34-21-10-19(25(31)32)9-20(11-21)26-12-16-1-2-16/h9-11,13-14,16-18,26H,1-8,12,15H2,(H,31,32). The van der Waals surface area contributed by atoms with Crippen LogP contribution in [0, 0.1) is 17.8 Å². The highest BCUT2D eigenvalue weighted by Gasteiger charge is 2.33. The van der Waals surface area contributed by atoms with Crippen molar-refractivity contribution in [3.05, 3.63) is 36.2 Å². The van der Waals surface area contributed by atoms with Gasteiger partial charge in [-0.2, -0.15) is 0 Å². The molecule has 1 saturated heterocycles. The van der Waals surface area contributed by atoms with E-state index >= 15 is 0 Å². The number of amides is 1. The number of ether oxygens (including phenoxy) is 2. The molecule has 34 heavy (non-hydrogen) atoms. The monoisotopic (exact) mass is 466 g/mol. The number of aromatic nitrogens is 2.